The van der Waals surface area contributed by atoms with E-state index in [2.05, 4.69) is 44.1 Å². The molecule has 0 unspecified atom stereocenters. The largest absolute Gasteiger partial charge is 0.494 e. The maximum Gasteiger partial charge on any atom is 0.119 e. The van der Waals surface area contributed by atoms with Crippen LogP contribution >= 0.6 is 0 Å². The lowest BCUT2D eigenvalue weighted by molar-refractivity contribution is 0.308. The van der Waals surface area contributed by atoms with Crippen molar-refractivity contribution in [3.8, 4) is 5.75 Å². The summed E-state index contributed by atoms with van der Waals surface area (Å²) in [6.45, 7) is 3.96. The molecular formula is C13H21NO. The predicted molar refractivity (Wildman–Crippen MR) is 64.2 cm³/mol. The Kier molecular flexibility index (Phi) is 5.19. The number of nitrogens with zero attached hydrogens (tertiary/aromatic N) is 1. The molecule has 15 heavy (non-hydrogen) atoms. The van der Waals surface area contributed by atoms with Crippen LogP contribution in [0.4, 0.5) is 0 Å². The molecule has 1 aromatic carbocycles. The molecule has 0 saturated heterocycles. The van der Waals surface area contributed by atoms with Gasteiger partial charge in [0, 0.05) is 6.54 Å². The molecule has 0 aliphatic heterocycles. The van der Waals surface area contributed by atoms with Crippen molar-refractivity contribution in [1.29, 1.82) is 0 Å². The van der Waals surface area contributed by atoms with Crippen LogP contribution in [-0.2, 0) is 6.54 Å². The zero-order valence-corrected chi connectivity index (χ0v) is 9.99. The van der Waals surface area contributed by atoms with Gasteiger partial charge in [0.2, 0.25) is 0 Å². The molecule has 0 spiro atoms. The van der Waals surface area contributed by atoms with E-state index >= 15 is 0 Å². The van der Waals surface area contributed by atoms with Crippen LogP contribution in [0.3, 0.4) is 0 Å². The third-order valence-electron chi connectivity index (χ3n) is 2.16. The molecule has 0 bridgehead atoms. The number of ether oxygens (including phenoxy) is 1. The molecule has 0 fully saturated rings. The molecular weight excluding hydrogens is 186 g/mol. The van der Waals surface area contributed by atoms with Gasteiger partial charge in [0.25, 0.3) is 0 Å². The summed E-state index contributed by atoms with van der Waals surface area (Å²) in [5, 5.41) is 0. The number of unbranched alkanes of at least 4 members (excludes halogenated alkanes) is 1. The zero-order valence-electron chi connectivity index (χ0n) is 9.99. The minimum Gasteiger partial charge on any atom is -0.494 e. The number of rotatable bonds is 6. The third kappa shape index (κ3) is 4.84. The van der Waals surface area contributed by atoms with Gasteiger partial charge in [-0.15, -0.1) is 0 Å². The van der Waals surface area contributed by atoms with Crippen molar-refractivity contribution in [1.82, 2.24) is 4.90 Å². The molecule has 0 radical (unpaired) electrons. The van der Waals surface area contributed by atoms with E-state index in [0.717, 1.165) is 25.3 Å². The van der Waals surface area contributed by atoms with Crippen LogP contribution in [0, 0.1) is 0 Å². The molecule has 0 aliphatic rings. The Hall–Kier alpha value is -1.02. The molecule has 0 heterocycles. The molecule has 0 amide bonds. The molecule has 1 aromatic rings. The topological polar surface area (TPSA) is 12.5 Å². The highest BCUT2D eigenvalue weighted by Gasteiger charge is 1.98. The highest BCUT2D eigenvalue weighted by atomic mass is 16.5. The Morgan fingerprint density at radius 1 is 1.27 bits per heavy atom. The predicted octanol–water partition coefficient (Wildman–Crippen LogP) is 2.93. The van der Waals surface area contributed by atoms with E-state index in [-0.39, 0.29) is 0 Å². The Labute approximate surface area is 92.9 Å². The first kappa shape index (κ1) is 12.1. The summed E-state index contributed by atoms with van der Waals surface area (Å²) in [7, 11) is 4.15. The quantitative estimate of drug-likeness (QED) is 0.665. The van der Waals surface area contributed by atoms with Crippen molar-refractivity contribution in [2.24, 2.45) is 0 Å². The van der Waals surface area contributed by atoms with Crippen molar-refractivity contribution < 1.29 is 4.74 Å². The summed E-state index contributed by atoms with van der Waals surface area (Å²) in [6, 6.07) is 8.33. The zero-order chi connectivity index (χ0) is 11.1. The molecule has 0 saturated carbocycles. The summed E-state index contributed by atoms with van der Waals surface area (Å²) in [5.41, 5.74) is 1.30. The Bertz CT molecular complexity index is 284. The van der Waals surface area contributed by atoms with Crippen molar-refractivity contribution in [2.45, 2.75) is 26.3 Å². The van der Waals surface area contributed by atoms with E-state index < -0.39 is 0 Å². The molecule has 2 nitrogen and oxygen atoms in total. The summed E-state index contributed by atoms with van der Waals surface area (Å²) in [6.07, 6.45) is 2.30. The highest BCUT2D eigenvalue weighted by Crippen LogP contribution is 2.14. The second-order valence-corrected chi connectivity index (χ2v) is 4.09. The van der Waals surface area contributed by atoms with Gasteiger partial charge in [-0.25, -0.2) is 0 Å². The van der Waals surface area contributed by atoms with Crippen LogP contribution in [-0.4, -0.2) is 25.6 Å². The van der Waals surface area contributed by atoms with Gasteiger partial charge in [-0.2, -0.15) is 0 Å². The van der Waals surface area contributed by atoms with Crippen LogP contribution in [0.5, 0.6) is 5.75 Å². The molecule has 0 atom stereocenters. The van der Waals surface area contributed by atoms with Crippen molar-refractivity contribution >= 4 is 0 Å². The molecule has 0 aromatic heterocycles. The minimum atomic E-state index is 0.821. The maximum atomic E-state index is 5.65. The van der Waals surface area contributed by atoms with Gasteiger partial charge in [-0.1, -0.05) is 25.5 Å². The van der Waals surface area contributed by atoms with Crippen molar-refractivity contribution in [2.75, 3.05) is 20.7 Å². The van der Waals surface area contributed by atoms with Crippen LogP contribution in [0.1, 0.15) is 25.3 Å². The molecule has 0 aliphatic carbocycles. The first-order valence-corrected chi connectivity index (χ1v) is 5.59. The smallest absolute Gasteiger partial charge is 0.119 e. The Morgan fingerprint density at radius 3 is 2.73 bits per heavy atom. The maximum absolute atomic E-state index is 5.65. The second kappa shape index (κ2) is 6.46. The summed E-state index contributed by atoms with van der Waals surface area (Å²) >= 11 is 0. The van der Waals surface area contributed by atoms with Crippen molar-refractivity contribution in [3.63, 3.8) is 0 Å². The van der Waals surface area contributed by atoms with E-state index in [0.29, 0.717) is 0 Å². The van der Waals surface area contributed by atoms with Crippen LogP contribution in [0.15, 0.2) is 24.3 Å². The van der Waals surface area contributed by atoms with Gasteiger partial charge >= 0.3 is 0 Å². The SMILES string of the molecule is CCCCOc1cccc(CN(C)C)c1. The number of hydrogen-bond donors (Lipinski definition) is 0. The Morgan fingerprint density at radius 2 is 2.07 bits per heavy atom. The molecule has 2 heteroatoms. The van der Waals surface area contributed by atoms with Gasteiger partial charge in [0.1, 0.15) is 5.75 Å². The van der Waals surface area contributed by atoms with Crippen LogP contribution in [0.25, 0.3) is 0 Å². The van der Waals surface area contributed by atoms with Gasteiger partial charge < -0.3 is 9.64 Å². The monoisotopic (exact) mass is 207 g/mol. The van der Waals surface area contributed by atoms with Gasteiger partial charge in [0.05, 0.1) is 6.61 Å². The standard InChI is InChI=1S/C13H21NO/c1-4-5-9-15-13-8-6-7-12(10-13)11-14(2)3/h6-8,10H,4-5,9,11H2,1-3H3. The fourth-order valence-electron chi connectivity index (χ4n) is 1.43. The highest BCUT2D eigenvalue weighted by molar-refractivity contribution is 5.28. The van der Waals surface area contributed by atoms with E-state index in [9.17, 15) is 0 Å². The number of benzene rings is 1. The average molecular weight is 207 g/mol. The van der Waals surface area contributed by atoms with Crippen LogP contribution < -0.4 is 4.74 Å². The second-order valence-electron chi connectivity index (χ2n) is 4.09. The van der Waals surface area contributed by atoms with E-state index in [1.807, 2.05) is 6.07 Å². The lowest BCUT2D eigenvalue weighted by atomic mass is 10.2. The summed E-state index contributed by atoms with van der Waals surface area (Å²) in [5.74, 6) is 0.989. The molecule has 84 valence electrons. The molecule has 1 rings (SSSR count). The van der Waals surface area contributed by atoms with Gasteiger partial charge in [0.15, 0.2) is 0 Å². The fraction of sp³-hybridized carbons (Fsp3) is 0.538. The first-order valence-electron chi connectivity index (χ1n) is 5.59. The normalized spacial score (nSPS) is 10.7. The van der Waals surface area contributed by atoms with E-state index in [1.54, 1.807) is 0 Å². The van der Waals surface area contributed by atoms with E-state index in [4.69, 9.17) is 4.74 Å². The average Bonchev–Trinajstić information content (AvgIpc) is 2.18. The third-order valence-corrected chi connectivity index (χ3v) is 2.16. The van der Waals surface area contributed by atoms with Gasteiger partial charge in [-0.3, -0.25) is 0 Å². The Balaban J connectivity index is 2.50. The fourth-order valence-corrected chi connectivity index (χ4v) is 1.43. The van der Waals surface area contributed by atoms with Gasteiger partial charge in [-0.05, 0) is 38.2 Å². The van der Waals surface area contributed by atoms with Crippen LogP contribution in [0.2, 0.25) is 0 Å². The summed E-state index contributed by atoms with van der Waals surface area (Å²) < 4.78 is 5.65. The summed E-state index contributed by atoms with van der Waals surface area (Å²) in [4.78, 5) is 2.16. The van der Waals surface area contributed by atoms with E-state index in [1.165, 1.54) is 12.0 Å². The minimum absolute atomic E-state index is 0.821. The van der Waals surface area contributed by atoms with Crippen molar-refractivity contribution in [3.05, 3.63) is 29.8 Å². The number of hydrogen-bond acceptors (Lipinski definition) is 2. The lowest BCUT2D eigenvalue weighted by Gasteiger charge is -2.11. The first-order chi connectivity index (χ1) is 7.22. The lowest BCUT2D eigenvalue weighted by Crippen LogP contribution is -2.10. The molecule has 0 N–H and O–H groups in total.